The fourth-order valence-corrected chi connectivity index (χ4v) is 3.01. The highest BCUT2D eigenvalue weighted by Gasteiger charge is 2.19. The van der Waals surface area contributed by atoms with Crippen LogP contribution in [-0.2, 0) is 26.6 Å². The van der Waals surface area contributed by atoms with E-state index >= 15 is 0 Å². The van der Waals surface area contributed by atoms with Crippen LogP contribution >= 0.6 is 11.6 Å². The van der Waals surface area contributed by atoms with Crippen molar-refractivity contribution in [2.45, 2.75) is 19.6 Å². The van der Waals surface area contributed by atoms with Gasteiger partial charge in [0.2, 0.25) is 0 Å². The Balaban J connectivity index is 1.63. The number of ether oxygens (including phenoxy) is 1. The van der Waals surface area contributed by atoms with Gasteiger partial charge in [0.1, 0.15) is 18.1 Å². The molecule has 0 fully saturated rings. The van der Waals surface area contributed by atoms with Crippen LogP contribution < -0.4 is 4.74 Å². The number of carbonyl (C=O) groups is 1. The summed E-state index contributed by atoms with van der Waals surface area (Å²) in [6.45, 7) is 4.33. The van der Waals surface area contributed by atoms with Crippen LogP contribution in [0, 0.1) is 0 Å². The summed E-state index contributed by atoms with van der Waals surface area (Å²) in [7, 11) is 3.47. The van der Waals surface area contributed by atoms with E-state index in [2.05, 4.69) is 11.7 Å². The molecule has 3 aromatic rings. The van der Waals surface area contributed by atoms with Crippen LogP contribution in [-0.4, -0.2) is 27.6 Å². The summed E-state index contributed by atoms with van der Waals surface area (Å²) in [5.41, 5.74) is 1.81. The molecule has 0 saturated heterocycles. The van der Waals surface area contributed by atoms with Gasteiger partial charge in [-0.05, 0) is 30.2 Å². The molecule has 0 aliphatic heterocycles. The highest BCUT2D eigenvalue weighted by Crippen LogP contribution is 2.21. The summed E-state index contributed by atoms with van der Waals surface area (Å²) in [5.74, 6) is 1.35. The van der Waals surface area contributed by atoms with E-state index in [1.807, 2.05) is 30.3 Å². The second-order valence-electron chi connectivity index (χ2n) is 6.38. The van der Waals surface area contributed by atoms with E-state index in [1.54, 1.807) is 37.1 Å². The molecule has 0 aliphatic carbocycles. The van der Waals surface area contributed by atoms with Gasteiger partial charge >= 0.3 is 0 Å². The second-order valence-corrected chi connectivity index (χ2v) is 6.79. The van der Waals surface area contributed by atoms with Crippen LogP contribution in [0.5, 0.6) is 5.75 Å². The van der Waals surface area contributed by atoms with Gasteiger partial charge < -0.3 is 14.1 Å². The maximum Gasteiger partial charge on any atom is 0.289 e. The Morgan fingerprint density at radius 1 is 1.36 bits per heavy atom. The molecule has 0 atom stereocenters. The minimum absolute atomic E-state index is 0.235. The minimum Gasteiger partial charge on any atom is -0.485 e. The predicted octanol–water partition coefficient (Wildman–Crippen LogP) is 4.25. The molecule has 0 bridgehead atoms. The third kappa shape index (κ3) is 4.46. The summed E-state index contributed by atoms with van der Waals surface area (Å²) >= 11 is 6.11. The van der Waals surface area contributed by atoms with Gasteiger partial charge in [0.05, 0.1) is 23.5 Å². The lowest BCUT2D eigenvalue weighted by Crippen LogP contribution is -2.27. The molecule has 1 aromatic carbocycles. The molecule has 0 aliphatic rings. The molecule has 0 unspecified atom stereocenters. The molecule has 6 nitrogen and oxygen atoms in total. The number of aromatic nitrogens is 2. The Hall–Kier alpha value is -2.99. The number of halogens is 1. The van der Waals surface area contributed by atoms with Crippen LogP contribution in [0.1, 0.15) is 27.6 Å². The van der Waals surface area contributed by atoms with Gasteiger partial charge in [-0.1, -0.05) is 35.9 Å². The standard InChI is InChI=1S/C21H22ClN3O3/c1-4-7-15-8-5-6-9-19(15)27-14-16-10-11-20(28-16)21(26)24(2)13-18-17(22)12-23-25(18)3/h4-6,8-12H,1,7,13-14H2,2-3H3. The van der Waals surface area contributed by atoms with Crippen molar-refractivity contribution in [1.82, 2.24) is 14.7 Å². The van der Waals surface area contributed by atoms with Crippen molar-refractivity contribution in [2.24, 2.45) is 7.05 Å². The number of carbonyl (C=O) groups excluding carboxylic acids is 1. The topological polar surface area (TPSA) is 60.5 Å². The molecule has 7 heteroatoms. The Morgan fingerprint density at radius 2 is 2.14 bits per heavy atom. The number of para-hydroxylation sites is 1. The van der Waals surface area contributed by atoms with E-state index in [4.69, 9.17) is 20.8 Å². The maximum absolute atomic E-state index is 12.6. The zero-order chi connectivity index (χ0) is 20.1. The van der Waals surface area contributed by atoms with Gasteiger partial charge in [-0.3, -0.25) is 9.48 Å². The fourth-order valence-electron chi connectivity index (χ4n) is 2.79. The Bertz CT molecular complexity index is 957. The van der Waals surface area contributed by atoms with E-state index in [-0.39, 0.29) is 18.3 Å². The largest absolute Gasteiger partial charge is 0.485 e. The van der Waals surface area contributed by atoms with Gasteiger partial charge in [0, 0.05) is 14.1 Å². The lowest BCUT2D eigenvalue weighted by molar-refractivity contribution is 0.0746. The van der Waals surface area contributed by atoms with E-state index in [0.29, 0.717) is 17.3 Å². The van der Waals surface area contributed by atoms with Crippen molar-refractivity contribution < 1.29 is 13.9 Å². The SMILES string of the molecule is C=CCc1ccccc1OCc1ccc(C(=O)N(C)Cc2c(Cl)cnn2C)o1. The van der Waals surface area contributed by atoms with Gasteiger partial charge in [-0.25, -0.2) is 0 Å². The molecule has 2 aromatic heterocycles. The fraction of sp³-hybridized carbons (Fsp3) is 0.238. The van der Waals surface area contributed by atoms with Gasteiger partial charge in [0.15, 0.2) is 5.76 Å². The zero-order valence-corrected chi connectivity index (χ0v) is 16.6. The number of benzene rings is 1. The molecule has 0 saturated carbocycles. The first-order valence-corrected chi connectivity index (χ1v) is 9.19. The smallest absolute Gasteiger partial charge is 0.289 e. The van der Waals surface area contributed by atoms with E-state index < -0.39 is 0 Å². The van der Waals surface area contributed by atoms with Crippen LogP contribution in [0.2, 0.25) is 5.02 Å². The van der Waals surface area contributed by atoms with Crippen molar-refractivity contribution in [1.29, 1.82) is 0 Å². The number of hydrogen-bond acceptors (Lipinski definition) is 4. The highest BCUT2D eigenvalue weighted by atomic mass is 35.5. The van der Waals surface area contributed by atoms with Gasteiger partial charge in [0.25, 0.3) is 5.91 Å². The Kier molecular flexibility index (Phi) is 6.21. The average molecular weight is 400 g/mol. The van der Waals surface area contributed by atoms with E-state index in [0.717, 1.165) is 23.4 Å². The van der Waals surface area contributed by atoms with Gasteiger partial charge in [-0.15, -0.1) is 6.58 Å². The van der Waals surface area contributed by atoms with Crippen LogP contribution in [0.15, 0.2) is 59.7 Å². The first-order chi connectivity index (χ1) is 13.5. The number of rotatable bonds is 8. The van der Waals surface area contributed by atoms with Gasteiger partial charge in [-0.2, -0.15) is 5.10 Å². The quantitative estimate of drug-likeness (QED) is 0.531. The average Bonchev–Trinajstić information content (AvgIpc) is 3.29. The normalized spacial score (nSPS) is 10.7. The molecule has 0 N–H and O–H groups in total. The summed E-state index contributed by atoms with van der Waals surface area (Å²) in [6, 6.07) is 11.2. The van der Waals surface area contributed by atoms with E-state index in [1.165, 1.54) is 4.90 Å². The molecular weight excluding hydrogens is 378 g/mol. The summed E-state index contributed by atoms with van der Waals surface area (Å²) in [6.07, 6.45) is 4.11. The number of amides is 1. The molecule has 0 spiro atoms. The van der Waals surface area contributed by atoms with Crippen molar-refractivity contribution in [3.8, 4) is 5.75 Å². The number of allylic oxidation sites excluding steroid dienone is 1. The number of aryl methyl sites for hydroxylation is 1. The monoisotopic (exact) mass is 399 g/mol. The molecule has 146 valence electrons. The molecule has 2 heterocycles. The van der Waals surface area contributed by atoms with Crippen molar-refractivity contribution in [3.63, 3.8) is 0 Å². The number of furan rings is 1. The van der Waals surface area contributed by atoms with Crippen LogP contribution in [0.3, 0.4) is 0 Å². The lowest BCUT2D eigenvalue weighted by Gasteiger charge is -2.16. The molecule has 0 radical (unpaired) electrons. The highest BCUT2D eigenvalue weighted by molar-refractivity contribution is 6.31. The van der Waals surface area contributed by atoms with Crippen LogP contribution in [0.25, 0.3) is 0 Å². The predicted molar refractivity (Wildman–Crippen MR) is 107 cm³/mol. The second kappa shape index (κ2) is 8.80. The zero-order valence-electron chi connectivity index (χ0n) is 15.9. The summed E-state index contributed by atoms with van der Waals surface area (Å²) in [4.78, 5) is 14.2. The van der Waals surface area contributed by atoms with Crippen LogP contribution in [0.4, 0.5) is 0 Å². The van der Waals surface area contributed by atoms with E-state index in [9.17, 15) is 4.79 Å². The molecular formula is C21H22ClN3O3. The number of nitrogens with zero attached hydrogens (tertiary/aromatic N) is 3. The third-order valence-corrected chi connectivity index (χ3v) is 4.64. The number of hydrogen-bond donors (Lipinski definition) is 0. The minimum atomic E-state index is -0.240. The molecule has 28 heavy (non-hydrogen) atoms. The van der Waals surface area contributed by atoms with Crippen molar-refractivity contribution >= 4 is 17.5 Å². The third-order valence-electron chi connectivity index (χ3n) is 4.32. The Labute approximate surface area is 169 Å². The van der Waals surface area contributed by atoms with Crippen molar-refractivity contribution in [2.75, 3.05) is 7.05 Å². The molecule has 1 amide bonds. The molecule has 3 rings (SSSR count). The lowest BCUT2D eigenvalue weighted by atomic mass is 10.1. The first-order valence-electron chi connectivity index (χ1n) is 8.81. The summed E-state index contributed by atoms with van der Waals surface area (Å²) < 4.78 is 13.2. The summed E-state index contributed by atoms with van der Waals surface area (Å²) in [5, 5.41) is 4.60. The maximum atomic E-state index is 12.6. The first kappa shape index (κ1) is 19.8. The van der Waals surface area contributed by atoms with Crippen molar-refractivity contribution in [3.05, 3.63) is 83.1 Å². The Morgan fingerprint density at radius 3 is 2.86 bits per heavy atom.